The fraction of sp³-hybridized carbons (Fsp3) is 0.222. The molecule has 1 N–H and O–H groups in total. The zero-order valence-electron chi connectivity index (χ0n) is 14.3. The van der Waals surface area contributed by atoms with Gasteiger partial charge in [-0.15, -0.1) is 0 Å². The molecule has 4 aromatic rings. The minimum atomic E-state index is -0.391. The van der Waals surface area contributed by atoms with Crippen molar-refractivity contribution in [2.75, 3.05) is 5.32 Å². The van der Waals surface area contributed by atoms with Crippen LogP contribution in [0.2, 0.25) is 0 Å². The molecule has 1 amide bonds. The maximum absolute atomic E-state index is 12.7. The van der Waals surface area contributed by atoms with Gasteiger partial charge in [0.1, 0.15) is 6.04 Å². The Morgan fingerprint density at radius 2 is 2.04 bits per heavy atom. The molecule has 25 heavy (non-hydrogen) atoms. The van der Waals surface area contributed by atoms with Crippen molar-refractivity contribution in [2.24, 2.45) is 7.05 Å². The number of fused-ring (bicyclic) bond motifs is 2. The molecule has 4 rings (SSSR count). The van der Waals surface area contributed by atoms with Gasteiger partial charge in [0.25, 0.3) is 0 Å². The number of para-hydroxylation sites is 2. The summed E-state index contributed by atoms with van der Waals surface area (Å²) in [5, 5.41) is 8.22. The van der Waals surface area contributed by atoms with Gasteiger partial charge < -0.3 is 9.88 Å². The molecule has 126 valence electrons. The van der Waals surface area contributed by atoms with Gasteiger partial charge in [-0.2, -0.15) is 5.10 Å². The number of benzene rings is 1. The van der Waals surface area contributed by atoms with E-state index >= 15 is 0 Å². The van der Waals surface area contributed by atoms with Gasteiger partial charge in [-0.05, 0) is 32.0 Å². The fourth-order valence-corrected chi connectivity index (χ4v) is 3.04. The molecule has 0 spiro atoms. The molecule has 3 heterocycles. The second-order valence-corrected chi connectivity index (χ2v) is 6.11. The molecule has 0 saturated heterocycles. The number of aryl methyl sites for hydroxylation is 2. The van der Waals surface area contributed by atoms with Crippen LogP contribution in [0, 0.1) is 6.92 Å². The standard InChI is InChI=1S/C18H18N6O/c1-11-14-8-13(9-19-17(14)23(3)22-11)21-18(25)12(2)24-10-20-15-6-4-5-7-16(15)24/h4-10,12H,1-3H3,(H,21,25)/t12-/m1/s1. The number of pyridine rings is 1. The molecule has 7 heteroatoms. The lowest BCUT2D eigenvalue weighted by Gasteiger charge is -2.14. The van der Waals surface area contributed by atoms with Crippen LogP contribution in [0.1, 0.15) is 18.7 Å². The normalized spacial score (nSPS) is 12.6. The maximum atomic E-state index is 12.7. The van der Waals surface area contributed by atoms with Crippen molar-refractivity contribution >= 4 is 33.7 Å². The molecule has 0 aliphatic rings. The van der Waals surface area contributed by atoms with Crippen LogP contribution in [0.3, 0.4) is 0 Å². The predicted molar refractivity (Wildman–Crippen MR) is 96.3 cm³/mol. The van der Waals surface area contributed by atoms with Crippen LogP contribution in [0.5, 0.6) is 0 Å². The number of nitrogens with one attached hydrogen (secondary N) is 1. The number of imidazole rings is 1. The van der Waals surface area contributed by atoms with Crippen molar-refractivity contribution in [3.05, 3.63) is 48.5 Å². The Balaban J connectivity index is 1.62. The SMILES string of the molecule is Cc1nn(C)c2ncc(NC(=O)[C@@H](C)n3cnc4ccccc43)cc12. The largest absolute Gasteiger partial charge is 0.323 e. The third kappa shape index (κ3) is 2.53. The number of nitrogens with zero attached hydrogens (tertiary/aromatic N) is 5. The lowest BCUT2D eigenvalue weighted by Crippen LogP contribution is -2.23. The van der Waals surface area contributed by atoms with Gasteiger partial charge in [0, 0.05) is 12.4 Å². The smallest absolute Gasteiger partial charge is 0.247 e. The van der Waals surface area contributed by atoms with Crippen LogP contribution in [0.15, 0.2) is 42.9 Å². The molecule has 0 fully saturated rings. The van der Waals surface area contributed by atoms with Crippen molar-refractivity contribution in [3.8, 4) is 0 Å². The zero-order chi connectivity index (χ0) is 17.6. The third-order valence-electron chi connectivity index (χ3n) is 4.41. The van der Waals surface area contributed by atoms with E-state index < -0.39 is 6.04 Å². The van der Waals surface area contributed by atoms with E-state index in [1.807, 2.05) is 55.8 Å². The fourth-order valence-electron chi connectivity index (χ4n) is 3.04. The van der Waals surface area contributed by atoms with E-state index in [0.717, 1.165) is 27.8 Å². The molecule has 0 aliphatic carbocycles. The first kappa shape index (κ1) is 15.3. The van der Waals surface area contributed by atoms with Gasteiger partial charge in [0.05, 0.1) is 34.9 Å². The number of carbonyl (C=O) groups is 1. The molecule has 3 aromatic heterocycles. The van der Waals surface area contributed by atoms with Gasteiger partial charge in [0.15, 0.2) is 5.65 Å². The Bertz CT molecular complexity index is 1090. The summed E-state index contributed by atoms with van der Waals surface area (Å²) < 4.78 is 3.60. The molecule has 0 saturated carbocycles. The van der Waals surface area contributed by atoms with E-state index in [1.54, 1.807) is 17.2 Å². The van der Waals surface area contributed by atoms with Gasteiger partial charge in [-0.3, -0.25) is 9.48 Å². The summed E-state index contributed by atoms with van der Waals surface area (Å²) in [6.45, 7) is 3.78. The summed E-state index contributed by atoms with van der Waals surface area (Å²) in [6.07, 6.45) is 3.35. The summed E-state index contributed by atoms with van der Waals surface area (Å²) in [4.78, 5) is 21.4. The number of rotatable bonds is 3. The first-order chi connectivity index (χ1) is 12.0. The second kappa shape index (κ2) is 5.70. The summed E-state index contributed by atoms with van der Waals surface area (Å²) in [6, 6.07) is 9.27. The van der Waals surface area contributed by atoms with E-state index in [9.17, 15) is 4.79 Å². The highest BCUT2D eigenvalue weighted by molar-refractivity contribution is 5.96. The maximum Gasteiger partial charge on any atom is 0.247 e. The Labute approximate surface area is 144 Å². The predicted octanol–water partition coefficient (Wildman–Crippen LogP) is 2.83. The Morgan fingerprint density at radius 3 is 2.88 bits per heavy atom. The molecule has 0 radical (unpaired) electrons. The highest BCUT2D eigenvalue weighted by atomic mass is 16.2. The van der Waals surface area contributed by atoms with Crippen molar-refractivity contribution in [3.63, 3.8) is 0 Å². The van der Waals surface area contributed by atoms with Crippen LogP contribution < -0.4 is 5.32 Å². The molecule has 1 aromatic carbocycles. The van der Waals surface area contributed by atoms with E-state index in [1.165, 1.54) is 0 Å². The number of amides is 1. The Morgan fingerprint density at radius 1 is 1.24 bits per heavy atom. The molecular formula is C18H18N6O. The first-order valence-electron chi connectivity index (χ1n) is 8.06. The molecule has 0 aliphatic heterocycles. The minimum Gasteiger partial charge on any atom is -0.323 e. The van der Waals surface area contributed by atoms with Crippen LogP contribution in [0.4, 0.5) is 5.69 Å². The molecular weight excluding hydrogens is 316 g/mol. The van der Waals surface area contributed by atoms with Crippen LogP contribution in [0.25, 0.3) is 22.1 Å². The number of anilines is 1. The molecule has 0 unspecified atom stereocenters. The summed E-state index contributed by atoms with van der Waals surface area (Å²) in [7, 11) is 1.85. The Hall–Kier alpha value is -3.22. The molecule has 1 atom stereocenters. The summed E-state index contributed by atoms with van der Waals surface area (Å²) in [5.41, 5.74) is 4.14. The minimum absolute atomic E-state index is 0.120. The number of aromatic nitrogens is 5. The quantitative estimate of drug-likeness (QED) is 0.625. The van der Waals surface area contributed by atoms with Crippen molar-refractivity contribution in [1.82, 2.24) is 24.3 Å². The third-order valence-corrected chi connectivity index (χ3v) is 4.41. The van der Waals surface area contributed by atoms with Crippen molar-refractivity contribution in [1.29, 1.82) is 0 Å². The van der Waals surface area contributed by atoms with E-state index in [0.29, 0.717) is 5.69 Å². The average Bonchev–Trinajstić information content (AvgIpc) is 3.16. The zero-order valence-corrected chi connectivity index (χ0v) is 14.3. The topological polar surface area (TPSA) is 77.6 Å². The van der Waals surface area contributed by atoms with E-state index in [2.05, 4.69) is 20.4 Å². The van der Waals surface area contributed by atoms with Gasteiger partial charge >= 0.3 is 0 Å². The van der Waals surface area contributed by atoms with Crippen LogP contribution >= 0.6 is 0 Å². The number of hydrogen-bond donors (Lipinski definition) is 1. The van der Waals surface area contributed by atoms with Gasteiger partial charge in [-0.25, -0.2) is 9.97 Å². The van der Waals surface area contributed by atoms with E-state index in [-0.39, 0.29) is 5.91 Å². The molecule has 7 nitrogen and oxygen atoms in total. The number of hydrogen-bond acceptors (Lipinski definition) is 4. The first-order valence-corrected chi connectivity index (χ1v) is 8.06. The highest BCUT2D eigenvalue weighted by Gasteiger charge is 2.18. The summed E-state index contributed by atoms with van der Waals surface area (Å²) >= 11 is 0. The number of carbonyl (C=O) groups excluding carboxylic acids is 1. The van der Waals surface area contributed by atoms with Crippen LogP contribution in [-0.2, 0) is 11.8 Å². The van der Waals surface area contributed by atoms with Crippen molar-refractivity contribution in [2.45, 2.75) is 19.9 Å². The highest BCUT2D eigenvalue weighted by Crippen LogP contribution is 2.22. The Kier molecular flexibility index (Phi) is 3.49. The second-order valence-electron chi connectivity index (χ2n) is 6.11. The van der Waals surface area contributed by atoms with Gasteiger partial charge in [0.2, 0.25) is 5.91 Å². The monoisotopic (exact) mass is 334 g/mol. The van der Waals surface area contributed by atoms with Crippen LogP contribution in [-0.4, -0.2) is 30.2 Å². The molecule has 0 bridgehead atoms. The average molecular weight is 334 g/mol. The lowest BCUT2D eigenvalue weighted by atomic mass is 10.2. The van der Waals surface area contributed by atoms with E-state index in [4.69, 9.17) is 0 Å². The lowest BCUT2D eigenvalue weighted by molar-refractivity contribution is -0.118. The van der Waals surface area contributed by atoms with Gasteiger partial charge in [-0.1, -0.05) is 12.1 Å². The van der Waals surface area contributed by atoms with Crippen molar-refractivity contribution < 1.29 is 4.79 Å². The summed E-state index contributed by atoms with van der Waals surface area (Å²) in [5.74, 6) is -0.120.